The summed E-state index contributed by atoms with van der Waals surface area (Å²) in [5, 5.41) is 46.3. The first-order chi connectivity index (χ1) is 28.4. The van der Waals surface area contributed by atoms with Gasteiger partial charge in [0.25, 0.3) is 11.8 Å². The first kappa shape index (κ1) is 41.9. The van der Waals surface area contributed by atoms with E-state index < -0.39 is 71.9 Å². The maximum absolute atomic E-state index is 14.4. The molecule has 6 atom stereocenters. The number of benzene rings is 4. The predicted octanol–water partition coefficient (Wildman–Crippen LogP) is 2.38. The van der Waals surface area contributed by atoms with E-state index in [9.17, 15) is 44.1 Å². The molecule has 59 heavy (non-hydrogen) atoms. The minimum absolute atomic E-state index is 0.0249. The van der Waals surface area contributed by atoms with Gasteiger partial charge in [0.1, 0.15) is 24.2 Å². The molecule has 0 radical (unpaired) electrons. The summed E-state index contributed by atoms with van der Waals surface area (Å²) >= 11 is 1.29. The highest BCUT2D eigenvalue weighted by molar-refractivity contribution is 7.09. The lowest BCUT2D eigenvalue weighted by molar-refractivity contribution is -0.145. The van der Waals surface area contributed by atoms with Crippen molar-refractivity contribution in [2.24, 2.45) is 0 Å². The third-order valence-corrected chi connectivity index (χ3v) is 10.7. The number of hydrogen-bond donors (Lipinski definition) is 8. The Kier molecular flexibility index (Phi) is 14.0. The summed E-state index contributed by atoms with van der Waals surface area (Å²) in [6.45, 7) is 0. The first-order valence-corrected chi connectivity index (χ1v) is 19.7. The molecule has 7 rings (SSSR count). The Hall–Kier alpha value is -6.68. The van der Waals surface area contributed by atoms with Gasteiger partial charge >= 0.3 is 5.97 Å². The molecule has 2 aliphatic heterocycles. The number of nitrogens with one attached hydrogen (secondary N) is 5. The summed E-state index contributed by atoms with van der Waals surface area (Å²) in [6.07, 6.45) is -4.89. The van der Waals surface area contributed by atoms with Crippen molar-refractivity contribution in [2.75, 3.05) is 5.32 Å². The van der Waals surface area contributed by atoms with Crippen molar-refractivity contribution in [1.82, 2.24) is 21.3 Å². The number of hydrogen-bond acceptors (Lipinski definition) is 9. The third-order valence-electron chi connectivity index (χ3n) is 9.78. The van der Waals surface area contributed by atoms with E-state index in [1.165, 1.54) is 35.6 Å². The SMILES string of the molecule is O=C1N[C@H](Cc2ccccc2)C(=O)N[C@@H](C(=O)O)Cc2ccc(cc2)NC(=O)[C@H](O)[C@@H](O)C(=O)N[C@H](Cc2cccs2)C(=O)N[C@H]1Cc1ccc(-c2ccccc2)cc1. The topological polar surface area (TPSA) is 223 Å². The van der Waals surface area contributed by atoms with Crippen LogP contribution in [0.2, 0.25) is 0 Å². The summed E-state index contributed by atoms with van der Waals surface area (Å²) in [4.78, 5) is 82.0. The molecule has 5 amide bonds. The van der Waals surface area contributed by atoms with E-state index in [0.717, 1.165) is 11.1 Å². The maximum Gasteiger partial charge on any atom is 0.326 e. The van der Waals surface area contributed by atoms with Gasteiger partial charge in [-0.15, -0.1) is 11.3 Å². The zero-order chi connectivity index (χ0) is 41.9. The number of thiophene rings is 1. The molecule has 304 valence electrons. The first-order valence-electron chi connectivity index (χ1n) is 18.8. The van der Waals surface area contributed by atoms with Crippen LogP contribution >= 0.6 is 11.3 Å². The molecule has 0 saturated heterocycles. The van der Waals surface area contributed by atoms with Gasteiger partial charge < -0.3 is 41.9 Å². The molecule has 1 aromatic heterocycles. The largest absolute Gasteiger partial charge is 0.480 e. The summed E-state index contributed by atoms with van der Waals surface area (Å²) in [5.74, 6) is -6.08. The highest BCUT2D eigenvalue weighted by Crippen LogP contribution is 2.21. The molecule has 0 fully saturated rings. The number of carboxylic acids is 1. The number of aliphatic carboxylic acids is 1. The van der Waals surface area contributed by atoms with E-state index >= 15 is 0 Å². The van der Waals surface area contributed by atoms with Crippen molar-refractivity contribution in [3.8, 4) is 11.1 Å². The molecular weight excluding hydrogens is 775 g/mol. The fraction of sp³-hybridized carbons (Fsp3) is 0.227. The monoisotopic (exact) mass is 817 g/mol. The van der Waals surface area contributed by atoms with Crippen LogP contribution in [0.1, 0.15) is 21.6 Å². The van der Waals surface area contributed by atoms with E-state index in [1.807, 2.05) is 42.5 Å². The van der Waals surface area contributed by atoms with Crippen molar-refractivity contribution in [1.29, 1.82) is 0 Å². The number of aliphatic hydroxyl groups excluding tert-OH is 2. The molecule has 14 nitrogen and oxygen atoms in total. The second-order valence-electron chi connectivity index (χ2n) is 14.1. The lowest BCUT2D eigenvalue weighted by Gasteiger charge is -2.27. The van der Waals surface area contributed by atoms with E-state index in [4.69, 9.17) is 0 Å². The number of aliphatic hydroxyl groups is 2. The number of carbonyl (C=O) groups is 6. The average Bonchev–Trinajstić information content (AvgIpc) is 3.76. The van der Waals surface area contributed by atoms with Gasteiger partial charge in [-0.2, -0.15) is 0 Å². The van der Waals surface area contributed by atoms with Gasteiger partial charge in [0.05, 0.1) is 0 Å². The second-order valence-corrected chi connectivity index (χ2v) is 15.1. The van der Waals surface area contributed by atoms with Crippen LogP contribution in [-0.2, 0) is 54.5 Å². The van der Waals surface area contributed by atoms with Gasteiger partial charge in [-0.05, 0) is 51.4 Å². The van der Waals surface area contributed by atoms with Gasteiger partial charge in [0.2, 0.25) is 17.7 Å². The Morgan fingerprint density at radius 3 is 1.63 bits per heavy atom. The van der Waals surface area contributed by atoms with E-state index in [2.05, 4.69) is 26.6 Å². The number of fused-ring (bicyclic) bond motifs is 18. The molecule has 4 aromatic carbocycles. The van der Waals surface area contributed by atoms with Crippen molar-refractivity contribution < 1.29 is 44.1 Å². The molecule has 0 spiro atoms. The summed E-state index contributed by atoms with van der Waals surface area (Å²) in [7, 11) is 0. The predicted molar refractivity (Wildman–Crippen MR) is 220 cm³/mol. The molecule has 5 aromatic rings. The highest BCUT2D eigenvalue weighted by Gasteiger charge is 2.35. The molecule has 0 unspecified atom stereocenters. The second kappa shape index (κ2) is 19.7. The number of amides is 5. The Morgan fingerprint density at radius 1 is 0.542 bits per heavy atom. The molecule has 3 heterocycles. The van der Waals surface area contributed by atoms with Gasteiger partial charge in [0, 0.05) is 36.2 Å². The molecule has 0 aliphatic carbocycles. The lowest BCUT2D eigenvalue weighted by Crippen LogP contribution is -2.60. The zero-order valence-electron chi connectivity index (χ0n) is 31.6. The van der Waals surface area contributed by atoms with Crippen molar-refractivity contribution >= 4 is 52.5 Å². The smallest absolute Gasteiger partial charge is 0.326 e. The van der Waals surface area contributed by atoms with Gasteiger partial charge in [-0.3, -0.25) is 24.0 Å². The summed E-state index contributed by atoms with van der Waals surface area (Å²) in [5.41, 5.74) is 3.80. The number of carbonyl (C=O) groups excluding carboxylic acids is 5. The standard InChI is InChI=1S/C44H43N5O9S/c50-37-38(51)43(56)48-35(25-32-12-7-21-59-32)41(54)47-34(23-27-13-17-30(18-14-27)29-10-5-2-6-11-29)39(52)46-33(22-26-8-3-1-4-9-26)40(53)49-36(44(57)58)24-28-15-19-31(20-16-28)45-42(37)55/h1-21,33-38,50-51H,22-25H2,(H,45,55)(H,46,52)(H,47,54)(H,48,56)(H,49,53)(H,57,58)/t33-,34+,35-,36-,37-,38-/m1/s1. The van der Waals surface area contributed by atoms with Crippen LogP contribution in [0.15, 0.2) is 127 Å². The molecule has 2 aliphatic rings. The third kappa shape index (κ3) is 11.5. The molecular formula is C44H43N5O9S. The lowest BCUT2D eigenvalue weighted by atomic mass is 9.99. The Morgan fingerprint density at radius 2 is 1.05 bits per heavy atom. The van der Waals surface area contributed by atoms with Crippen LogP contribution in [0.4, 0.5) is 5.69 Å². The Bertz CT molecular complexity index is 2240. The normalized spacial score (nSPS) is 22.2. The Labute approximate surface area is 343 Å². The van der Waals surface area contributed by atoms with Gasteiger partial charge in [-0.1, -0.05) is 103 Å². The number of rotatable bonds is 8. The molecule has 8 N–H and O–H groups in total. The van der Waals surface area contributed by atoms with E-state index in [-0.39, 0.29) is 31.4 Å². The van der Waals surface area contributed by atoms with Crippen LogP contribution < -0.4 is 26.6 Å². The summed E-state index contributed by atoms with van der Waals surface area (Å²) < 4.78 is 0. The molecule has 2 bridgehead atoms. The van der Waals surface area contributed by atoms with Crippen LogP contribution in [0.3, 0.4) is 0 Å². The van der Waals surface area contributed by atoms with Gasteiger partial charge in [0.15, 0.2) is 12.2 Å². The molecule has 0 saturated carbocycles. The molecule has 15 heteroatoms. The summed E-state index contributed by atoms with van der Waals surface area (Å²) in [6, 6.07) is 29.6. The quantitative estimate of drug-likeness (QED) is 0.108. The number of anilines is 1. The zero-order valence-corrected chi connectivity index (χ0v) is 32.4. The van der Waals surface area contributed by atoms with Crippen LogP contribution in [-0.4, -0.2) is 87.2 Å². The van der Waals surface area contributed by atoms with Crippen molar-refractivity contribution in [3.05, 3.63) is 148 Å². The van der Waals surface area contributed by atoms with E-state index in [1.54, 1.807) is 60.0 Å². The minimum atomic E-state index is -2.30. The minimum Gasteiger partial charge on any atom is -0.480 e. The average molecular weight is 818 g/mol. The van der Waals surface area contributed by atoms with Crippen LogP contribution in [0.25, 0.3) is 11.1 Å². The van der Waals surface area contributed by atoms with Crippen LogP contribution in [0.5, 0.6) is 0 Å². The van der Waals surface area contributed by atoms with Crippen LogP contribution in [0, 0.1) is 0 Å². The maximum atomic E-state index is 14.4. The fourth-order valence-electron chi connectivity index (χ4n) is 6.54. The van der Waals surface area contributed by atoms with Gasteiger partial charge in [-0.25, -0.2) is 4.79 Å². The van der Waals surface area contributed by atoms with Crippen molar-refractivity contribution in [2.45, 2.75) is 62.1 Å². The Balaban J connectivity index is 1.37. The fourth-order valence-corrected chi connectivity index (χ4v) is 7.30. The number of carboxylic acid groups (broad SMARTS) is 1. The van der Waals surface area contributed by atoms with E-state index in [0.29, 0.717) is 21.6 Å². The van der Waals surface area contributed by atoms with Crippen molar-refractivity contribution in [3.63, 3.8) is 0 Å². The highest BCUT2D eigenvalue weighted by atomic mass is 32.1.